The molecule has 112 valence electrons. The molecule has 0 spiro atoms. The molecule has 1 aliphatic carbocycles. The highest BCUT2D eigenvalue weighted by atomic mass is 16.5. The van der Waals surface area contributed by atoms with Crippen LogP contribution in [0.15, 0.2) is 24.3 Å². The van der Waals surface area contributed by atoms with E-state index in [2.05, 4.69) is 0 Å². The second kappa shape index (κ2) is 5.39. The van der Waals surface area contributed by atoms with Gasteiger partial charge in [-0.15, -0.1) is 0 Å². The molecule has 5 nitrogen and oxygen atoms in total. The van der Waals surface area contributed by atoms with Gasteiger partial charge < -0.3 is 14.4 Å². The zero-order chi connectivity index (χ0) is 15.0. The molecule has 5 heteroatoms. The highest BCUT2D eigenvalue weighted by Gasteiger charge is 2.62. The minimum absolute atomic E-state index is 0.0429. The van der Waals surface area contributed by atoms with E-state index in [0.717, 1.165) is 17.9 Å². The van der Waals surface area contributed by atoms with Gasteiger partial charge in [-0.1, -0.05) is 0 Å². The smallest absolute Gasteiger partial charge is 0.311 e. The fourth-order valence-electron chi connectivity index (χ4n) is 3.25. The number of hydrogen-bond acceptors (Lipinski definition) is 4. The number of amides is 1. The summed E-state index contributed by atoms with van der Waals surface area (Å²) in [6, 6.07) is 7.33. The van der Waals surface area contributed by atoms with Crippen LogP contribution in [0.2, 0.25) is 0 Å². The number of carbonyl (C=O) groups excluding carboxylic acids is 2. The normalized spacial score (nSPS) is 27.0. The van der Waals surface area contributed by atoms with Crippen molar-refractivity contribution >= 4 is 17.6 Å². The van der Waals surface area contributed by atoms with Gasteiger partial charge in [0.2, 0.25) is 5.91 Å². The summed E-state index contributed by atoms with van der Waals surface area (Å²) in [5, 5.41) is 0. The summed E-state index contributed by atoms with van der Waals surface area (Å²) in [5.74, 6) is 0.716. The number of piperidine rings is 1. The van der Waals surface area contributed by atoms with Crippen LogP contribution in [0.4, 0.5) is 5.69 Å². The maximum Gasteiger partial charge on any atom is 0.311 e. The van der Waals surface area contributed by atoms with Crippen LogP contribution in [0.3, 0.4) is 0 Å². The number of rotatable bonds is 4. The van der Waals surface area contributed by atoms with Crippen molar-refractivity contribution in [1.29, 1.82) is 0 Å². The van der Waals surface area contributed by atoms with Crippen LogP contribution in [-0.4, -0.2) is 31.6 Å². The Morgan fingerprint density at radius 1 is 1.33 bits per heavy atom. The topological polar surface area (TPSA) is 55.8 Å². The molecule has 2 fully saturated rings. The Balaban J connectivity index is 1.82. The van der Waals surface area contributed by atoms with E-state index in [4.69, 9.17) is 9.47 Å². The van der Waals surface area contributed by atoms with Crippen molar-refractivity contribution < 1.29 is 19.1 Å². The highest BCUT2D eigenvalue weighted by molar-refractivity contribution is 5.98. The molecule has 2 aliphatic rings. The number of carbonyl (C=O) groups is 2. The van der Waals surface area contributed by atoms with E-state index < -0.39 is 0 Å². The first kappa shape index (κ1) is 13.9. The van der Waals surface area contributed by atoms with E-state index in [1.54, 1.807) is 18.9 Å². The lowest BCUT2D eigenvalue weighted by Gasteiger charge is -2.26. The molecule has 1 amide bonds. The fraction of sp³-hybridized carbons (Fsp3) is 0.500. The highest BCUT2D eigenvalue weighted by Crippen LogP contribution is 2.51. The third-order valence-electron chi connectivity index (χ3n) is 4.29. The maximum absolute atomic E-state index is 12.3. The first-order valence-corrected chi connectivity index (χ1v) is 7.30. The molecule has 1 aromatic rings. The average molecular weight is 289 g/mol. The van der Waals surface area contributed by atoms with Gasteiger partial charge in [0.15, 0.2) is 0 Å². The second-order valence-electron chi connectivity index (χ2n) is 5.43. The Kier molecular flexibility index (Phi) is 3.57. The van der Waals surface area contributed by atoms with E-state index >= 15 is 0 Å². The molecule has 3 rings (SSSR count). The van der Waals surface area contributed by atoms with Crippen LogP contribution in [0.25, 0.3) is 0 Å². The van der Waals surface area contributed by atoms with Crippen molar-refractivity contribution in [1.82, 2.24) is 0 Å². The minimum atomic E-state index is -0.180. The van der Waals surface area contributed by atoms with E-state index in [9.17, 15) is 9.59 Å². The lowest BCUT2D eigenvalue weighted by Crippen LogP contribution is -2.37. The van der Waals surface area contributed by atoms with Gasteiger partial charge in [-0.05, 0) is 43.5 Å². The Labute approximate surface area is 123 Å². The lowest BCUT2D eigenvalue weighted by atomic mass is 10.1. The Bertz CT molecular complexity index is 554. The summed E-state index contributed by atoms with van der Waals surface area (Å²) < 4.78 is 10.3. The van der Waals surface area contributed by atoms with Gasteiger partial charge in [0.25, 0.3) is 0 Å². The summed E-state index contributed by atoms with van der Waals surface area (Å²) in [7, 11) is 1.61. The first-order chi connectivity index (χ1) is 10.2. The van der Waals surface area contributed by atoms with Gasteiger partial charge in [0.05, 0.1) is 25.7 Å². The van der Waals surface area contributed by atoms with Crippen molar-refractivity contribution in [3.05, 3.63) is 24.3 Å². The van der Waals surface area contributed by atoms with Crippen molar-refractivity contribution in [3.63, 3.8) is 0 Å². The summed E-state index contributed by atoms with van der Waals surface area (Å²) in [6.07, 6.45) is 1.27. The Hall–Kier alpha value is -2.04. The van der Waals surface area contributed by atoms with Crippen molar-refractivity contribution in [2.75, 3.05) is 18.6 Å². The molecule has 0 bridgehead atoms. The quantitative estimate of drug-likeness (QED) is 0.796. The molecule has 1 heterocycles. The lowest BCUT2D eigenvalue weighted by molar-refractivity contribution is -0.145. The van der Waals surface area contributed by atoms with Crippen LogP contribution in [0, 0.1) is 11.8 Å². The van der Waals surface area contributed by atoms with Crippen molar-refractivity contribution in [2.24, 2.45) is 11.8 Å². The summed E-state index contributed by atoms with van der Waals surface area (Å²) in [4.78, 5) is 26.0. The minimum Gasteiger partial charge on any atom is -0.497 e. The van der Waals surface area contributed by atoms with Gasteiger partial charge in [-0.2, -0.15) is 0 Å². The monoisotopic (exact) mass is 289 g/mol. The number of methoxy groups -OCH3 is 1. The molecule has 0 N–H and O–H groups in total. The number of benzene rings is 1. The van der Waals surface area contributed by atoms with Gasteiger partial charge in [-0.25, -0.2) is 0 Å². The third kappa shape index (κ3) is 2.37. The van der Waals surface area contributed by atoms with Gasteiger partial charge in [-0.3, -0.25) is 9.59 Å². The van der Waals surface area contributed by atoms with Gasteiger partial charge in [0, 0.05) is 12.1 Å². The zero-order valence-corrected chi connectivity index (χ0v) is 12.2. The number of esters is 1. The van der Waals surface area contributed by atoms with Crippen LogP contribution in [0.1, 0.15) is 19.8 Å². The van der Waals surface area contributed by atoms with Crippen molar-refractivity contribution in [2.45, 2.75) is 25.8 Å². The number of nitrogens with zero attached hydrogens (tertiary/aromatic N) is 1. The first-order valence-electron chi connectivity index (χ1n) is 7.30. The second-order valence-corrected chi connectivity index (χ2v) is 5.43. The Morgan fingerprint density at radius 2 is 2.05 bits per heavy atom. The molecule has 1 aromatic carbocycles. The molecular weight excluding hydrogens is 270 g/mol. The van der Waals surface area contributed by atoms with Crippen LogP contribution < -0.4 is 9.64 Å². The van der Waals surface area contributed by atoms with E-state index in [1.807, 2.05) is 24.3 Å². The third-order valence-corrected chi connectivity index (χ3v) is 4.29. The average Bonchev–Trinajstić information content (AvgIpc) is 3.22. The van der Waals surface area contributed by atoms with Crippen LogP contribution in [0.5, 0.6) is 5.75 Å². The summed E-state index contributed by atoms with van der Waals surface area (Å²) >= 11 is 0. The van der Waals surface area contributed by atoms with Gasteiger partial charge in [0.1, 0.15) is 5.75 Å². The Morgan fingerprint density at radius 3 is 2.67 bits per heavy atom. The largest absolute Gasteiger partial charge is 0.497 e. The number of fused-ring (bicyclic) bond motifs is 1. The molecule has 1 saturated carbocycles. The van der Waals surface area contributed by atoms with Crippen LogP contribution >= 0.6 is 0 Å². The fourth-order valence-corrected chi connectivity index (χ4v) is 3.25. The van der Waals surface area contributed by atoms with E-state index in [-0.39, 0.29) is 29.8 Å². The predicted molar refractivity (Wildman–Crippen MR) is 77.1 cm³/mol. The zero-order valence-electron chi connectivity index (χ0n) is 12.2. The molecule has 3 atom stereocenters. The number of hydrogen-bond donors (Lipinski definition) is 0. The molecular formula is C16H19NO4. The number of anilines is 1. The summed E-state index contributed by atoms with van der Waals surface area (Å²) in [6.45, 7) is 2.18. The maximum atomic E-state index is 12.3. The van der Waals surface area contributed by atoms with E-state index in [0.29, 0.717) is 13.0 Å². The van der Waals surface area contributed by atoms with E-state index in [1.165, 1.54) is 0 Å². The molecule has 0 aromatic heterocycles. The molecule has 0 radical (unpaired) electrons. The number of ether oxygens (including phenoxy) is 2. The standard InChI is InChI=1S/C16H19NO4/c1-3-21-16(19)14-12-8-9-13(18)17(15(12)14)10-4-6-11(20-2)7-5-10/h4-7,12,14-15H,3,8-9H2,1-2H3/t12-,14+,15-/m0/s1. The van der Waals surface area contributed by atoms with Gasteiger partial charge >= 0.3 is 5.97 Å². The molecule has 1 saturated heterocycles. The van der Waals surface area contributed by atoms with Crippen LogP contribution in [-0.2, 0) is 14.3 Å². The predicted octanol–water partition coefficient (Wildman–Crippen LogP) is 2.00. The summed E-state index contributed by atoms with van der Waals surface area (Å²) in [5.41, 5.74) is 0.822. The SMILES string of the molecule is CCOC(=O)[C@@H]1[C@@H]2CCC(=O)N(c3ccc(OC)cc3)[C@@H]21. The molecule has 1 aliphatic heterocycles. The molecule has 21 heavy (non-hydrogen) atoms. The molecule has 0 unspecified atom stereocenters. The van der Waals surface area contributed by atoms with Crippen molar-refractivity contribution in [3.8, 4) is 5.75 Å².